The molecule has 1 aromatic carbocycles. The third kappa shape index (κ3) is 4.51. The van der Waals surface area contributed by atoms with E-state index in [0.717, 1.165) is 5.56 Å². The molecule has 0 unspecified atom stereocenters. The lowest BCUT2D eigenvalue weighted by atomic mass is 10.0. The predicted molar refractivity (Wildman–Crippen MR) is 105 cm³/mol. The normalized spacial score (nSPS) is 19.1. The number of sulfonamides is 1. The van der Waals surface area contributed by atoms with Crippen molar-refractivity contribution < 1.29 is 17.9 Å². The van der Waals surface area contributed by atoms with Crippen molar-refractivity contribution in [2.24, 2.45) is 0 Å². The number of thiophene rings is 1. The highest BCUT2D eigenvalue weighted by molar-refractivity contribution is 7.91. The maximum Gasteiger partial charge on any atom is 0.410 e. The number of piperazine rings is 1. The first-order valence-electron chi connectivity index (χ1n) is 8.77. The number of amides is 1. The zero-order valence-corrected chi connectivity index (χ0v) is 17.3. The molecule has 2 heterocycles. The lowest BCUT2D eigenvalue weighted by Crippen LogP contribution is -2.53. The van der Waals surface area contributed by atoms with Gasteiger partial charge in [0.15, 0.2) is 0 Å². The minimum absolute atomic E-state index is 0.221. The van der Waals surface area contributed by atoms with Gasteiger partial charge < -0.3 is 9.64 Å². The molecule has 2 aromatic rings. The van der Waals surface area contributed by atoms with E-state index in [9.17, 15) is 13.2 Å². The summed E-state index contributed by atoms with van der Waals surface area (Å²) in [6.07, 6.45) is -0.420. The van der Waals surface area contributed by atoms with Crippen LogP contribution in [0.4, 0.5) is 4.79 Å². The van der Waals surface area contributed by atoms with Crippen molar-refractivity contribution in [1.29, 1.82) is 0 Å². The van der Waals surface area contributed by atoms with Gasteiger partial charge in [-0.15, -0.1) is 11.3 Å². The Bertz CT molecular complexity index is 874. The molecule has 3 rings (SSSR count). The third-order valence-corrected chi connectivity index (χ3v) is 7.51. The topological polar surface area (TPSA) is 66.9 Å². The van der Waals surface area contributed by atoms with Crippen molar-refractivity contribution in [3.8, 4) is 0 Å². The van der Waals surface area contributed by atoms with Crippen molar-refractivity contribution in [2.75, 3.05) is 19.6 Å². The van der Waals surface area contributed by atoms with Gasteiger partial charge in [-0.3, -0.25) is 0 Å². The summed E-state index contributed by atoms with van der Waals surface area (Å²) in [4.78, 5) is 14.1. The van der Waals surface area contributed by atoms with Crippen LogP contribution < -0.4 is 0 Å². The Morgan fingerprint density at radius 1 is 1.11 bits per heavy atom. The van der Waals surface area contributed by atoms with E-state index in [0.29, 0.717) is 10.8 Å². The lowest BCUT2D eigenvalue weighted by molar-refractivity contribution is 0.0131. The molecular formula is C19H24N2O4S2. The van der Waals surface area contributed by atoms with Gasteiger partial charge in [-0.1, -0.05) is 36.4 Å². The van der Waals surface area contributed by atoms with E-state index in [1.165, 1.54) is 15.6 Å². The van der Waals surface area contributed by atoms with E-state index in [-0.39, 0.29) is 13.1 Å². The zero-order valence-electron chi connectivity index (χ0n) is 15.7. The molecule has 0 bridgehead atoms. The van der Waals surface area contributed by atoms with Gasteiger partial charge in [-0.05, 0) is 37.8 Å². The van der Waals surface area contributed by atoms with Crippen LogP contribution in [0.1, 0.15) is 32.4 Å². The second-order valence-corrected chi connectivity index (χ2v) is 10.5. The Balaban J connectivity index is 1.91. The summed E-state index contributed by atoms with van der Waals surface area (Å²) in [5, 5.41) is 1.75. The molecular weight excluding hydrogens is 384 g/mol. The maximum absolute atomic E-state index is 13.1. The van der Waals surface area contributed by atoms with Crippen molar-refractivity contribution in [3.63, 3.8) is 0 Å². The Hall–Kier alpha value is -1.90. The molecule has 0 aliphatic carbocycles. The van der Waals surface area contributed by atoms with Crippen LogP contribution in [0.15, 0.2) is 52.1 Å². The van der Waals surface area contributed by atoms with E-state index in [1.54, 1.807) is 22.4 Å². The summed E-state index contributed by atoms with van der Waals surface area (Å²) in [6.45, 7) is 6.22. The van der Waals surface area contributed by atoms with Gasteiger partial charge in [0.2, 0.25) is 0 Å². The summed E-state index contributed by atoms with van der Waals surface area (Å²) < 4.78 is 33.6. The zero-order chi connectivity index (χ0) is 19.7. The van der Waals surface area contributed by atoms with Crippen molar-refractivity contribution in [1.82, 2.24) is 9.21 Å². The van der Waals surface area contributed by atoms with Gasteiger partial charge in [0.05, 0.1) is 6.04 Å². The van der Waals surface area contributed by atoms with Gasteiger partial charge in [0.25, 0.3) is 10.0 Å². The number of ether oxygens (including phenoxy) is 1. The summed E-state index contributed by atoms with van der Waals surface area (Å²) in [5.74, 6) is 0. The third-order valence-electron chi connectivity index (χ3n) is 4.23. The Labute approximate surface area is 164 Å². The van der Waals surface area contributed by atoms with Gasteiger partial charge in [-0.25, -0.2) is 13.2 Å². The molecule has 6 nitrogen and oxygen atoms in total. The number of hydrogen-bond acceptors (Lipinski definition) is 5. The van der Waals surface area contributed by atoms with Crippen LogP contribution in [0, 0.1) is 0 Å². The van der Waals surface area contributed by atoms with Crippen LogP contribution in [0.25, 0.3) is 0 Å². The summed E-state index contributed by atoms with van der Waals surface area (Å²) in [7, 11) is -3.63. The van der Waals surface area contributed by atoms with Crippen molar-refractivity contribution >= 4 is 27.5 Å². The molecule has 27 heavy (non-hydrogen) atoms. The number of rotatable bonds is 3. The first kappa shape index (κ1) is 19.9. The monoisotopic (exact) mass is 408 g/mol. The molecule has 1 amide bonds. The van der Waals surface area contributed by atoms with Gasteiger partial charge in [0.1, 0.15) is 9.81 Å². The molecule has 1 fully saturated rings. The van der Waals surface area contributed by atoms with Crippen LogP contribution in [-0.2, 0) is 14.8 Å². The molecule has 1 saturated heterocycles. The average molecular weight is 409 g/mol. The number of carbonyl (C=O) groups excluding carboxylic acids is 1. The standard InChI is InChI=1S/C19H24N2O4S2/c1-19(2,3)25-18(22)20-11-12-21(27(23,24)17-10-7-13-26-17)16(14-20)15-8-5-4-6-9-15/h4-10,13,16H,11-12,14H2,1-3H3/t16-/m0/s1. The van der Waals surface area contributed by atoms with Crippen LogP contribution in [0.3, 0.4) is 0 Å². The van der Waals surface area contributed by atoms with Crippen molar-refractivity contribution in [3.05, 3.63) is 53.4 Å². The van der Waals surface area contributed by atoms with E-state index in [2.05, 4.69) is 0 Å². The first-order chi connectivity index (χ1) is 12.7. The molecule has 1 atom stereocenters. The van der Waals surface area contributed by atoms with Gasteiger partial charge in [-0.2, -0.15) is 4.31 Å². The molecule has 0 spiro atoms. The molecule has 0 N–H and O–H groups in total. The highest BCUT2D eigenvalue weighted by Crippen LogP contribution is 2.33. The number of benzene rings is 1. The molecule has 1 aromatic heterocycles. The van der Waals surface area contributed by atoms with Crippen LogP contribution in [0.2, 0.25) is 0 Å². The highest BCUT2D eigenvalue weighted by Gasteiger charge is 2.39. The molecule has 146 valence electrons. The van der Waals surface area contributed by atoms with Crippen LogP contribution >= 0.6 is 11.3 Å². The fraction of sp³-hybridized carbons (Fsp3) is 0.421. The Morgan fingerprint density at radius 2 is 1.81 bits per heavy atom. The Morgan fingerprint density at radius 3 is 2.41 bits per heavy atom. The quantitative estimate of drug-likeness (QED) is 0.776. The van der Waals surface area contributed by atoms with Gasteiger partial charge in [0, 0.05) is 19.6 Å². The molecule has 1 aliphatic rings. The van der Waals surface area contributed by atoms with E-state index < -0.39 is 27.8 Å². The second-order valence-electron chi connectivity index (χ2n) is 7.40. The largest absolute Gasteiger partial charge is 0.444 e. The Kier molecular flexibility index (Phi) is 5.60. The van der Waals surface area contributed by atoms with E-state index in [1.807, 2.05) is 51.1 Å². The number of carbonyl (C=O) groups is 1. The van der Waals surface area contributed by atoms with Crippen LogP contribution in [0.5, 0.6) is 0 Å². The maximum atomic E-state index is 13.1. The van der Waals surface area contributed by atoms with Gasteiger partial charge >= 0.3 is 6.09 Å². The van der Waals surface area contributed by atoms with Crippen LogP contribution in [-0.4, -0.2) is 49.0 Å². The van der Waals surface area contributed by atoms with E-state index in [4.69, 9.17) is 4.74 Å². The first-order valence-corrected chi connectivity index (χ1v) is 11.1. The summed E-state index contributed by atoms with van der Waals surface area (Å²) >= 11 is 1.20. The SMILES string of the molecule is CC(C)(C)OC(=O)N1CCN(S(=O)(=O)c2cccs2)[C@H](c2ccccc2)C1. The molecule has 8 heteroatoms. The summed E-state index contributed by atoms with van der Waals surface area (Å²) in [6, 6.07) is 12.3. The molecule has 1 aliphatic heterocycles. The minimum atomic E-state index is -3.63. The number of nitrogens with zero attached hydrogens (tertiary/aromatic N) is 2. The molecule has 0 radical (unpaired) electrons. The van der Waals surface area contributed by atoms with Crippen molar-refractivity contribution in [2.45, 2.75) is 36.6 Å². The molecule has 0 saturated carbocycles. The minimum Gasteiger partial charge on any atom is -0.444 e. The average Bonchev–Trinajstić information content (AvgIpc) is 3.16. The fourth-order valence-corrected chi connectivity index (χ4v) is 5.73. The lowest BCUT2D eigenvalue weighted by Gasteiger charge is -2.40. The van der Waals surface area contributed by atoms with E-state index >= 15 is 0 Å². The smallest absolute Gasteiger partial charge is 0.410 e. The summed E-state index contributed by atoms with van der Waals surface area (Å²) in [5.41, 5.74) is 0.255. The predicted octanol–water partition coefficient (Wildman–Crippen LogP) is 3.73. The fourth-order valence-electron chi connectivity index (χ4n) is 3.02. The second kappa shape index (κ2) is 7.61. The number of hydrogen-bond donors (Lipinski definition) is 0. The highest BCUT2D eigenvalue weighted by atomic mass is 32.2.